The van der Waals surface area contributed by atoms with E-state index in [-0.39, 0.29) is 13.2 Å². The third kappa shape index (κ3) is 4.15. The highest BCUT2D eigenvalue weighted by Crippen LogP contribution is 2.29. The largest absolute Gasteiger partial charge is 0.465 e. The Kier molecular flexibility index (Phi) is 7.87. The first-order valence-corrected chi connectivity index (χ1v) is 6.75. The van der Waals surface area contributed by atoms with Crippen LogP contribution in [0.15, 0.2) is 12.2 Å². The minimum Gasteiger partial charge on any atom is -0.465 e. The van der Waals surface area contributed by atoms with Gasteiger partial charge in [-0.15, -0.1) is 0 Å². The number of hydrogen-bond acceptors (Lipinski definition) is 4. The van der Waals surface area contributed by atoms with Crippen molar-refractivity contribution in [1.29, 1.82) is 0 Å². The van der Waals surface area contributed by atoms with Gasteiger partial charge in [0.1, 0.15) is 0 Å². The van der Waals surface area contributed by atoms with Gasteiger partial charge in [0.25, 0.3) is 0 Å². The summed E-state index contributed by atoms with van der Waals surface area (Å²) < 4.78 is 9.94. The molecule has 0 amide bonds. The Morgan fingerprint density at radius 2 is 1.65 bits per heavy atom. The Hall–Kier alpha value is -0.840. The number of allylic oxidation sites excluding steroid dienone is 1. The van der Waals surface area contributed by atoms with Gasteiger partial charge in [0.05, 0.1) is 13.2 Å². The SMILES string of the molecule is C/C=C/C(CCBr)(C(=O)OCC)C(=O)OCC. The Balaban J connectivity index is 5.24. The number of carbonyl (C=O) groups excluding carboxylic acids is 2. The number of hydrogen-bond donors (Lipinski definition) is 0. The van der Waals surface area contributed by atoms with Gasteiger partial charge in [0.15, 0.2) is 5.41 Å². The average Bonchev–Trinajstić information content (AvgIpc) is 2.29. The van der Waals surface area contributed by atoms with Crippen LogP contribution in [0.4, 0.5) is 0 Å². The summed E-state index contributed by atoms with van der Waals surface area (Å²) in [4.78, 5) is 23.9. The molecule has 0 aromatic rings. The van der Waals surface area contributed by atoms with Crippen LogP contribution in [0.1, 0.15) is 27.2 Å². The van der Waals surface area contributed by atoms with Crippen LogP contribution < -0.4 is 0 Å². The number of alkyl halides is 1. The van der Waals surface area contributed by atoms with E-state index in [1.807, 2.05) is 0 Å². The van der Waals surface area contributed by atoms with Crippen molar-refractivity contribution in [1.82, 2.24) is 0 Å². The smallest absolute Gasteiger partial charge is 0.327 e. The van der Waals surface area contributed by atoms with Crippen molar-refractivity contribution in [2.24, 2.45) is 5.41 Å². The molecule has 0 N–H and O–H groups in total. The molecule has 0 aliphatic heterocycles. The molecular weight excluding hydrogens is 288 g/mol. The molecule has 0 aromatic heterocycles. The second kappa shape index (κ2) is 8.28. The van der Waals surface area contributed by atoms with Gasteiger partial charge in [-0.1, -0.05) is 28.1 Å². The summed E-state index contributed by atoms with van der Waals surface area (Å²) in [6.45, 7) is 5.64. The van der Waals surface area contributed by atoms with E-state index in [0.717, 1.165) is 0 Å². The van der Waals surface area contributed by atoms with Crippen LogP contribution in [0, 0.1) is 5.41 Å². The van der Waals surface area contributed by atoms with Gasteiger partial charge in [0.2, 0.25) is 0 Å². The molecular formula is C12H19BrO4. The van der Waals surface area contributed by atoms with Crippen LogP contribution in [0.5, 0.6) is 0 Å². The lowest BCUT2D eigenvalue weighted by atomic mass is 9.84. The number of ether oxygens (including phenoxy) is 2. The molecule has 0 bridgehead atoms. The highest BCUT2D eigenvalue weighted by molar-refractivity contribution is 9.09. The van der Waals surface area contributed by atoms with E-state index in [4.69, 9.17) is 9.47 Å². The molecule has 0 aliphatic carbocycles. The summed E-state index contributed by atoms with van der Waals surface area (Å²) in [5.74, 6) is -1.12. The fourth-order valence-electron chi connectivity index (χ4n) is 1.46. The summed E-state index contributed by atoms with van der Waals surface area (Å²) in [6, 6.07) is 0. The van der Waals surface area contributed by atoms with Crippen molar-refractivity contribution >= 4 is 27.9 Å². The first-order chi connectivity index (χ1) is 8.08. The maximum atomic E-state index is 12.0. The summed E-state index contributed by atoms with van der Waals surface area (Å²) in [7, 11) is 0. The minimum atomic E-state index is -1.33. The van der Waals surface area contributed by atoms with E-state index in [1.165, 1.54) is 0 Å². The Morgan fingerprint density at radius 3 is 1.94 bits per heavy atom. The average molecular weight is 307 g/mol. The molecule has 0 rings (SSSR count). The molecule has 98 valence electrons. The molecule has 0 unspecified atom stereocenters. The maximum Gasteiger partial charge on any atom is 0.327 e. The normalized spacial score (nSPS) is 11.5. The molecule has 0 radical (unpaired) electrons. The van der Waals surface area contributed by atoms with Crippen LogP contribution >= 0.6 is 15.9 Å². The van der Waals surface area contributed by atoms with E-state index in [1.54, 1.807) is 32.9 Å². The summed E-state index contributed by atoms with van der Waals surface area (Å²) >= 11 is 3.24. The highest BCUT2D eigenvalue weighted by atomic mass is 79.9. The van der Waals surface area contributed by atoms with E-state index in [9.17, 15) is 9.59 Å². The van der Waals surface area contributed by atoms with Crippen LogP contribution in [0.2, 0.25) is 0 Å². The molecule has 0 atom stereocenters. The topological polar surface area (TPSA) is 52.6 Å². The molecule has 0 spiro atoms. The fraction of sp³-hybridized carbons (Fsp3) is 0.667. The zero-order chi connectivity index (χ0) is 13.3. The zero-order valence-electron chi connectivity index (χ0n) is 10.5. The quantitative estimate of drug-likeness (QED) is 0.314. The van der Waals surface area contributed by atoms with Crippen LogP contribution in [-0.4, -0.2) is 30.5 Å². The fourth-order valence-corrected chi connectivity index (χ4v) is 2.09. The van der Waals surface area contributed by atoms with Crippen molar-refractivity contribution in [2.45, 2.75) is 27.2 Å². The minimum absolute atomic E-state index is 0.236. The van der Waals surface area contributed by atoms with Crippen molar-refractivity contribution in [3.8, 4) is 0 Å². The van der Waals surface area contributed by atoms with E-state index in [2.05, 4.69) is 15.9 Å². The summed E-state index contributed by atoms with van der Waals surface area (Å²) in [6.07, 6.45) is 3.52. The summed E-state index contributed by atoms with van der Waals surface area (Å²) in [5, 5.41) is 0.509. The monoisotopic (exact) mass is 306 g/mol. The van der Waals surface area contributed by atoms with Crippen LogP contribution in [0.3, 0.4) is 0 Å². The predicted octanol–water partition coefficient (Wildman–Crippen LogP) is 2.46. The third-order valence-corrected chi connectivity index (χ3v) is 2.62. The standard InChI is InChI=1S/C12H19BrO4/c1-4-7-12(8-9-13,10(14)16-5-2)11(15)17-6-3/h4,7H,5-6,8-9H2,1-3H3/b7-4+. The van der Waals surface area contributed by atoms with Gasteiger partial charge in [-0.3, -0.25) is 9.59 Å². The van der Waals surface area contributed by atoms with E-state index in [0.29, 0.717) is 11.8 Å². The molecule has 0 aromatic carbocycles. The third-order valence-electron chi connectivity index (χ3n) is 2.22. The number of halogens is 1. The van der Waals surface area contributed by atoms with Crippen LogP contribution in [0.25, 0.3) is 0 Å². The second-order valence-corrected chi connectivity index (χ2v) is 4.14. The lowest BCUT2D eigenvalue weighted by molar-refractivity contribution is -0.168. The van der Waals surface area contributed by atoms with Crippen molar-refractivity contribution < 1.29 is 19.1 Å². The van der Waals surface area contributed by atoms with Gasteiger partial charge in [-0.05, 0) is 27.2 Å². The molecule has 0 saturated heterocycles. The molecule has 0 heterocycles. The Labute approximate surface area is 110 Å². The van der Waals surface area contributed by atoms with Gasteiger partial charge in [-0.2, -0.15) is 0 Å². The summed E-state index contributed by atoms with van der Waals surface area (Å²) in [5.41, 5.74) is -1.33. The van der Waals surface area contributed by atoms with E-state index >= 15 is 0 Å². The first kappa shape index (κ1) is 16.2. The molecule has 0 fully saturated rings. The van der Waals surface area contributed by atoms with E-state index < -0.39 is 17.4 Å². The molecule has 5 heteroatoms. The van der Waals surface area contributed by atoms with Gasteiger partial charge in [-0.25, -0.2) is 0 Å². The van der Waals surface area contributed by atoms with Gasteiger partial charge in [0, 0.05) is 5.33 Å². The maximum absolute atomic E-state index is 12.0. The van der Waals surface area contributed by atoms with Crippen molar-refractivity contribution in [3.05, 3.63) is 12.2 Å². The van der Waals surface area contributed by atoms with Gasteiger partial charge >= 0.3 is 11.9 Å². The van der Waals surface area contributed by atoms with Crippen LogP contribution in [-0.2, 0) is 19.1 Å². The number of esters is 2. The zero-order valence-corrected chi connectivity index (χ0v) is 12.1. The van der Waals surface area contributed by atoms with Gasteiger partial charge < -0.3 is 9.47 Å². The first-order valence-electron chi connectivity index (χ1n) is 5.63. The second-order valence-electron chi connectivity index (χ2n) is 3.35. The molecule has 4 nitrogen and oxygen atoms in total. The predicted molar refractivity (Wildman–Crippen MR) is 68.9 cm³/mol. The number of carbonyl (C=O) groups is 2. The number of rotatable bonds is 7. The Bertz CT molecular complexity index is 268. The van der Waals surface area contributed by atoms with Crippen molar-refractivity contribution in [2.75, 3.05) is 18.5 Å². The molecule has 0 aliphatic rings. The lowest BCUT2D eigenvalue weighted by Gasteiger charge is -2.25. The molecule has 17 heavy (non-hydrogen) atoms. The lowest BCUT2D eigenvalue weighted by Crippen LogP contribution is -2.41. The highest BCUT2D eigenvalue weighted by Gasteiger charge is 2.45. The Morgan fingerprint density at radius 1 is 1.18 bits per heavy atom. The molecule has 0 saturated carbocycles. The van der Waals surface area contributed by atoms with Crippen molar-refractivity contribution in [3.63, 3.8) is 0 Å².